The van der Waals surface area contributed by atoms with Crippen LogP contribution in [-0.2, 0) is 9.53 Å². The maximum absolute atomic E-state index is 11.9. The number of ether oxygens (including phenoxy) is 1. The molecule has 1 fully saturated rings. The lowest BCUT2D eigenvalue weighted by molar-refractivity contribution is -0.143. The highest BCUT2D eigenvalue weighted by molar-refractivity contribution is 5.85. The molecule has 1 aliphatic heterocycles. The largest absolute Gasteiger partial charge is 0.372 e. The second-order valence-corrected chi connectivity index (χ2v) is 3.77. The Kier molecular flexibility index (Phi) is 6.89. The maximum atomic E-state index is 11.9. The SMILES string of the molecule is CCC(OC)C(=O)N1CCNC(C)C1.Cl. The van der Waals surface area contributed by atoms with Gasteiger partial charge in [-0.15, -0.1) is 12.4 Å². The number of methoxy groups -OCH3 is 1. The van der Waals surface area contributed by atoms with Crippen LogP contribution in [0.5, 0.6) is 0 Å². The lowest BCUT2D eigenvalue weighted by atomic mass is 10.2. The molecule has 0 spiro atoms. The minimum Gasteiger partial charge on any atom is -0.372 e. The highest BCUT2D eigenvalue weighted by Crippen LogP contribution is 2.06. The van der Waals surface area contributed by atoms with Crippen molar-refractivity contribution in [2.75, 3.05) is 26.7 Å². The number of amides is 1. The van der Waals surface area contributed by atoms with Crippen molar-refractivity contribution in [2.24, 2.45) is 0 Å². The molecule has 15 heavy (non-hydrogen) atoms. The molecular weight excluding hydrogens is 216 g/mol. The first-order chi connectivity index (χ1) is 6.69. The predicted octanol–water partition coefficient (Wildman–Crippen LogP) is 0.654. The zero-order valence-corrected chi connectivity index (χ0v) is 10.5. The van der Waals surface area contributed by atoms with E-state index in [4.69, 9.17) is 4.74 Å². The third-order valence-electron chi connectivity index (χ3n) is 2.61. The van der Waals surface area contributed by atoms with Crippen molar-refractivity contribution in [3.8, 4) is 0 Å². The van der Waals surface area contributed by atoms with Gasteiger partial charge in [-0.25, -0.2) is 0 Å². The van der Waals surface area contributed by atoms with Gasteiger partial charge in [0, 0.05) is 32.8 Å². The Balaban J connectivity index is 0.00000196. The molecule has 1 N–H and O–H groups in total. The van der Waals surface area contributed by atoms with Crippen LogP contribution in [0.4, 0.5) is 0 Å². The Morgan fingerprint density at radius 3 is 2.80 bits per heavy atom. The molecule has 0 bridgehead atoms. The fraction of sp³-hybridized carbons (Fsp3) is 0.900. The summed E-state index contributed by atoms with van der Waals surface area (Å²) in [6.07, 6.45) is 0.480. The zero-order valence-electron chi connectivity index (χ0n) is 9.66. The van der Waals surface area contributed by atoms with Crippen molar-refractivity contribution >= 4 is 18.3 Å². The molecule has 0 aromatic carbocycles. The van der Waals surface area contributed by atoms with E-state index in [1.54, 1.807) is 7.11 Å². The first kappa shape index (κ1) is 14.7. The van der Waals surface area contributed by atoms with Gasteiger partial charge in [-0.2, -0.15) is 0 Å². The number of nitrogens with zero attached hydrogens (tertiary/aromatic N) is 1. The summed E-state index contributed by atoms with van der Waals surface area (Å²) < 4.78 is 5.14. The first-order valence-electron chi connectivity index (χ1n) is 5.24. The van der Waals surface area contributed by atoms with E-state index in [0.29, 0.717) is 6.04 Å². The van der Waals surface area contributed by atoms with Gasteiger partial charge >= 0.3 is 0 Å². The van der Waals surface area contributed by atoms with E-state index < -0.39 is 0 Å². The van der Waals surface area contributed by atoms with Crippen LogP contribution in [0.2, 0.25) is 0 Å². The summed E-state index contributed by atoms with van der Waals surface area (Å²) in [5.41, 5.74) is 0. The molecule has 1 rings (SSSR count). The van der Waals surface area contributed by atoms with E-state index in [2.05, 4.69) is 12.2 Å². The van der Waals surface area contributed by atoms with Crippen LogP contribution in [0.15, 0.2) is 0 Å². The smallest absolute Gasteiger partial charge is 0.251 e. The summed E-state index contributed by atoms with van der Waals surface area (Å²) in [4.78, 5) is 13.8. The van der Waals surface area contributed by atoms with Gasteiger partial charge in [-0.3, -0.25) is 4.79 Å². The fourth-order valence-electron chi connectivity index (χ4n) is 1.78. The third-order valence-corrected chi connectivity index (χ3v) is 2.61. The monoisotopic (exact) mass is 236 g/mol. The van der Waals surface area contributed by atoms with Crippen molar-refractivity contribution in [1.29, 1.82) is 0 Å². The van der Waals surface area contributed by atoms with Crippen LogP contribution < -0.4 is 5.32 Å². The maximum Gasteiger partial charge on any atom is 0.251 e. The Morgan fingerprint density at radius 2 is 2.33 bits per heavy atom. The lowest BCUT2D eigenvalue weighted by Gasteiger charge is -2.33. The average Bonchev–Trinajstić information content (AvgIpc) is 2.19. The molecule has 2 atom stereocenters. The number of nitrogens with one attached hydrogen (secondary N) is 1. The molecule has 1 heterocycles. The Labute approximate surface area is 97.8 Å². The summed E-state index contributed by atoms with van der Waals surface area (Å²) in [5, 5.41) is 3.31. The first-order valence-corrected chi connectivity index (χ1v) is 5.24. The van der Waals surface area contributed by atoms with Gasteiger partial charge in [0.05, 0.1) is 0 Å². The number of halogens is 1. The molecule has 0 radical (unpaired) electrons. The summed E-state index contributed by atoms with van der Waals surface area (Å²) in [6.45, 7) is 6.53. The Morgan fingerprint density at radius 1 is 1.67 bits per heavy atom. The van der Waals surface area contributed by atoms with Gasteiger partial charge in [-0.1, -0.05) is 6.92 Å². The quantitative estimate of drug-likeness (QED) is 0.783. The third kappa shape index (κ3) is 3.97. The van der Waals surface area contributed by atoms with E-state index in [-0.39, 0.29) is 24.4 Å². The summed E-state index contributed by atoms with van der Waals surface area (Å²) in [7, 11) is 1.59. The van der Waals surface area contributed by atoms with Gasteiger partial charge < -0.3 is 15.0 Å². The molecule has 5 heteroatoms. The van der Waals surface area contributed by atoms with Crippen molar-refractivity contribution in [3.05, 3.63) is 0 Å². The highest BCUT2D eigenvalue weighted by atomic mass is 35.5. The number of carbonyl (C=O) groups is 1. The number of rotatable bonds is 3. The van der Waals surface area contributed by atoms with E-state index in [1.807, 2.05) is 11.8 Å². The van der Waals surface area contributed by atoms with Gasteiger partial charge in [0.2, 0.25) is 0 Å². The topological polar surface area (TPSA) is 41.6 Å². The molecule has 1 amide bonds. The number of hydrogen-bond donors (Lipinski definition) is 1. The van der Waals surface area contributed by atoms with Crippen LogP contribution in [0.25, 0.3) is 0 Å². The minimum absolute atomic E-state index is 0. The van der Waals surface area contributed by atoms with Gasteiger partial charge in [-0.05, 0) is 13.3 Å². The Hall–Kier alpha value is -0.320. The van der Waals surface area contributed by atoms with Crippen LogP contribution in [0, 0.1) is 0 Å². The molecule has 1 saturated heterocycles. The molecule has 0 aromatic rings. The van der Waals surface area contributed by atoms with Crippen LogP contribution in [0.3, 0.4) is 0 Å². The van der Waals surface area contributed by atoms with Gasteiger partial charge in [0.1, 0.15) is 6.10 Å². The van der Waals surface area contributed by atoms with E-state index in [9.17, 15) is 4.79 Å². The van der Waals surface area contributed by atoms with Gasteiger partial charge in [0.15, 0.2) is 0 Å². The van der Waals surface area contributed by atoms with Crippen molar-refractivity contribution < 1.29 is 9.53 Å². The summed E-state index contributed by atoms with van der Waals surface area (Å²) in [5.74, 6) is 0.128. The Bertz CT molecular complexity index is 198. The molecule has 2 unspecified atom stereocenters. The zero-order chi connectivity index (χ0) is 10.6. The predicted molar refractivity (Wildman–Crippen MR) is 62.4 cm³/mol. The van der Waals surface area contributed by atoms with Crippen LogP contribution in [0.1, 0.15) is 20.3 Å². The molecular formula is C10H21ClN2O2. The minimum atomic E-state index is -0.264. The van der Waals surface area contributed by atoms with Crippen molar-refractivity contribution in [3.63, 3.8) is 0 Å². The lowest BCUT2D eigenvalue weighted by Crippen LogP contribution is -2.53. The molecule has 1 aliphatic rings. The molecule has 0 aliphatic carbocycles. The molecule has 0 aromatic heterocycles. The van der Waals surface area contributed by atoms with Gasteiger partial charge in [0.25, 0.3) is 5.91 Å². The van der Waals surface area contributed by atoms with Crippen molar-refractivity contribution in [2.45, 2.75) is 32.4 Å². The fourth-order valence-corrected chi connectivity index (χ4v) is 1.78. The van der Waals surface area contributed by atoms with E-state index >= 15 is 0 Å². The summed E-state index contributed by atoms with van der Waals surface area (Å²) >= 11 is 0. The molecule has 4 nitrogen and oxygen atoms in total. The molecule has 0 saturated carbocycles. The van der Waals surface area contributed by atoms with E-state index in [0.717, 1.165) is 26.1 Å². The second-order valence-electron chi connectivity index (χ2n) is 3.77. The standard InChI is InChI=1S/C10H20N2O2.ClH/c1-4-9(14-3)10(13)12-6-5-11-8(2)7-12;/h8-9,11H,4-7H2,1-3H3;1H. The van der Waals surface area contributed by atoms with E-state index in [1.165, 1.54) is 0 Å². The number of piperazine rings is 1. The average molecular weight is 237 g/mol. The van der Waals surface area contributed by atoms with Crippen molar-refractivity contribution in [1.82, 2.24) is 10.2 Å². The highest BCUT2D eigenvalue weighted by Gasteiger charge is 2.25. The van der Waals surface area contributed by atoms with Crippen LogP contribution >= 0.6 is 12.4 Å². The molecule has 90 valence electrons. The van der Waals surface area contributed by atoms with Crippen LogP contribution in [-0.4, -0.2) is 49.7 Å². The normalized spacial score (nSPS) is 23.1. The summed E-state index contributed by atoms with van der Waals surface area (Å²) in [6, 6.07) is 0.391. The second kappa shape index (κ2) is 7.04. The number of hydrogen-bond acceptors (Lipinski definition) is 3. The number of carbonyl (C=O) groups excluding carboxylic acids is 1.